The molecule has 1 aromatic carbocycles. The van der Waals surface area contributed by atoms with E-state index in [0.29, 0.717) is 6.61 Å². The Balaban J connectivity index is 2.01. The van der Waals surface area contributed by atoms with Gasteiger partial charge in [0.1, 0.15) is 0 Å². The average Bonchev–Trinajstić information content (AvgIpc) is 2.88. The first-order valence-electron chi connectivity index (χ1n) is 15.0. The molecule has 4 nitrogen and oxygen atoms in total. The van der Waals surface area contributed by atoms with Crippen LogP contribution >= 0.6 is 0 Å². The molecule has 210 valence electrons. The molecule has 0 spiro atoms. The third-order valence-electron chi connectivity index (χ3n) is 8.83. The van der Waals surface area contributed by atoms with Gasteiger partial charge in [0.2, 0.25) is 0 Å². The van der Waals surface area contributed by atoms with Crippen LogP contribution < -0.4 is 0 Å². The average molecular weight is 638 g/mol. The molecular weight excluding hydrogens is 583 g/mol. The Labute approximate surface area is 232 Å². The molecule has 3 rings (SSSR count). The zero-order valence-electron chi connectivity index (χ0n) is 25.0. The molecule has 2 aliphatic rings. The maximum atomic E-state index is 7.17. The van der Waals surface area contributed by atoms with Crippen LogP contribution in [-0.2, 0) is 18.6 Å². The number of hydrogen-bond acceptors (Lipinski definition) is 4. The maximum absolute atomic E-state index is 7.17. The fourth-order valence-corrected chi connectivity index (χ4v) is 22.3. The van der Waals surface area contributed by atoms with E-state index in [9.17, 15) is 0 Å². The van der Waals surface area contributed by atoms with E-state index in [-0.39, 0.29) is 29.6 Å². The van der Waals surface area contributed by atoms with E-state index in [1.165, 1.54) is 55.6 Å². The van der Waals surface area contributed by atoms with Crippen LogP contribution in [0, 0.1) is 0 Å². The van der Waals surface area contributed by atoms with Gasteiger partial charge in [0, 0.05) is 0 Å². The molecule has 2 heterocycles. The molecule has 4 atom stereocenters. The van der Waals surface area contributed by atoms with E-state index >= 15 is 0 Å². The molecule has 1 fully saturated rings. The molecule has 1 aromatic rings. The Kier molecular flexibility index (Phi) is 11.7. The first-order chi connectivity index (χ1) is 17.6. The van der Waals surface area contributed by atoms with Gasteiger partial charge in [-0.2, -0.15) is 0 Å². The summed E-state index contributed by atoms with van der Waals surface area (Å²) in [6.45, 7) is 19.2. The normalized spacial score (nSPS) is 24.8. The molecule has 6 heteroatoms. The first kappa shape index (κ1) is 31.2. The topological polar surface area (TPSA) is 36.9 Å². The SMILES string of the molecule is CCC[CH2][Sn]([CH2]CCC)([CH2]CCC)[C]1=C[C@@H](O[Si](C)(C)C(C)(C)C)[C@@H]2O[C@H](c3ccccc3)OC[C@H]2O1. The minimum atomic E-state index is -2.78. The second-order valence-corrected chi connectivity index (χ2v) is 30.5. The van der Waals surface area contributed by atoms with Crippen LogP contribution in [0.2, 0.25) is 31.4 Å². The predicted octanol–water partition coefficient (Wildman–Crippen LogP) is 9.16. The van der Waals surface area contributed by atoms with Crippen LogP contribution in [0.1, 0.15) is 91.9 Å². The van der Waals surface area contributed by atoms with Crippen LogP contribution in [0.15, 0.2) is 40.2 Å². The second-order valence-electron chi connectivity index (χ2n) is 12.8. The summed E-state index contributed by atoms with van der Waals surface area (Å²) in [4.78, 5) is 0. The van der Waals surface area contributed by atoms with Crippen molar-refractivity contribution in [2.45, 2.75) is 136 Å². The van der Waals surface area contributed by atoms with Crippen LogP contribution in [-0.4, -0.2) is 51.6 Å². The molecule has 2 aliphatic heterocycles. The monoisotopic (exact) mass is 638 g/mol. The van der Waals surface area contributed by atoms with Gasteiger partial charge in [-0.15, -0.1) is 0 Å². The Morgan fingerprint density at radius 2 is 1.49 bits per heavy atom. The van der Waals surface area contributed by atoms with Crippen molar-refractivity contribution < 1.29 is 18.6 Å². The van der Waals surface area contributed by atoms with Gasteiger partial charge in [0.25, 0.3) is 0 Å². The number of benzene rings is 1. The Hall–Kier alpha value is -0.344. The summed E-state index contributed by atoms with van der Waals surface area (Å²) in [5.74, 6) is 0. The van der Waals surface area contributed by atoms with Gasteiger partial charge in [0.05, 0.1) is 0 Å². The predicted molar refractivity (Wildman–Crippen MR) is 160 cm³/mol. The van der Waals surface area contributed by atoms with Crippen molar-refractivity contribution in [1.82, 2.24) is 0 Å². The summed E-state index contributed by atoms with van der Waals surface area (Å²) in [5, 5.41) is 0.131. The molecule has 0 aromatic heterocycles. The quantitative estimate of drug-likeness (QED) is 0.202. The van der Waals surface area contributed by atoms with Gasteiger partial charge < -0.3 is 0 Å². The zero-order chi connectivity index (χ0) is 27.1. The molecular formula is C31H54O4SiSn. The van der Waals surface area contributed by atoms with E-state index < -0.39 is 26.7 Å². The van der Waals surface area contributed by atoms with Crippen molar-refractivity contribution in [2.24, 2.45) is 0 Å². The molecule has 0 bridgehead atoms. The van der Waals surface area contributed by atoms with Crippen molar-refractivity contribution in [3.8, 4) is 0 Å². The standard InChI is InChI=1S/C19H27O4Si.3C4H9.Sn/c1-19(2,3)24(4,5)23-15-11-12-20-16-13-21-18(22-17(15)16)14-9-7-6-8-10-14;3*1-3-4-2;/h6-11,15-18H,13H2,1-5H3;3*1,3-4H2,2H3;/t15-,16-,17+,18-;;;;/m1..../s1. The Bertz CT molecular complexity index is 829. The summed E-state index contributed by atoms with van der Waals surface area (Å²) >= 11 is -2.78. The summed E-state index contributed by atoms with van der Waals surface area (Å²) in [6, 6.07) is 10.3. The second kappa shape index (κ2) is 13.8. The van der Waals surface area contributed by atoms with Gasteiger partial charge in [-0.3, -0.25) is 0 Å². The number of hydrogen-bond donors (Lipinski definition) is 0. The van der Waals surface area contributed by atoms with Crippen molar-refractivity contribution >= 4 is 26.7 Å². The fourth-order valence-electron chi connectivity index (χ4n) is 5.38. The van der Waals surface area contributed by atoms with Crippen molar-refractivity contribution in [2.75, 3.05) is 6.61 Å². The fraction of sp³-hybridized carbons (Fsp3) is 0.742. The zero-order valence-corrected chi connectivity index (χ0v) is 28.8. The first-order valence-corrected chi connectivity index (χ1v) is 25.3. The van der Waals surface area contributed by atoms with Gasteiger partial charge in [-0.1, -0.05) is 0 Å². The third-order valence-corrected chi connectivity index (χ3v) is 28.3. The van der Waals surface area contributed by atoms with E-state index in [0.717, 1.165) is 5.56 Å². The van der Waals surface area contributed by atoms with E-state index in [2.05, 4.69) is 72.8 Å². The molecule has 0 unspecified atom stereocenters. The van der Waals surface area contributed by atoms with Crippen LogP contribution in [0.4, 0.5) is 0 Å². The van der Waals surface area contributed by atoms with Gasteiger partial charge in [0.15, 0.2) is 0 Å². The van der Waals surface area contributed by atoms with Gasteiger partial charge in [-0.05, 0) is 0 Å². The number of unbranched alkanes of at least 4 members (excludes halogenated alkanes) is 3. The van der Waals surface area contributed by atoms with Crippen LogP contribution in [0.25, 0.3) is 0 Å². The van der Waals surface area contributed by atoms with Crippen molar-refractivity contribution in [1.29, 1.82) is 0 Å². The Morgan fingerprint density at radius 3 is 2.00 bits per heavy atom. The van der Waals surface area contributed by atoms with Crippen molar-refractivity contribution in [3.05, 3.63) is 45.7 Å². The molecule has 0 radical (unpaired) electrons. The molecule has 0 saturated carbocycles. The van der Waals surface area contributed by atoms with Crippen molar-refractivity contribution in [3.63, 3.8) is 0 Å². The minimum absolute atomic E-state index is 0.0780. The molecule has 1 saturated heterocycles. The third kappa shape index (κ3) is 7.87. The summed E-state index contributed by atoms with van der Waals surface area (Å²) in [6.07, 6.45) is 9.44. The van der Waals surface area contributed by atoms with Crippen LogP contribution in [0.3, 0.4) is 0 Å². The molecule has 0 aliphatic carbocycles. The summed E-state index contributed by atoms with van der Waals surface area (Å²) < 4.78 is 32.7. The Morgan fingerprint density at radius 1 is 0.919 bits per heavy atom. The molecule has 37 heavy (non-hydrogen) atoms. The van der Waals surface area contributed by atoms with E-state index in [4.69, 9.17) is 18.6 Å². The van der Waals surface area contributed by atoms with Crippen LogP contribution in [0.5, 0.6) is 0 Å². The molecule has 0 N–H and O–H groups in total. The number of fused-ring (bicyclic) bond motifs is 1. The molecule has 0 amide bonds. The van der Waals surface area contributed by atoms with E-state index in [1.54, 1.807) is 0 Å². The summed E-state index contributed by atoms with van der Waals surface area (Å²) in [7, 11) is -2.03. The van der Waals surface area contributed by atoms with E-state index in [1.807, 2.05) is 18.2 Å². The summed E-state index contributed by atoms with van der Waals surface area (Å²) in [5.41, 5.74) is 1.06. The number of ether oxygens (including phenoxy) is 3. The van der Waals surface area contributed by atoms with Gasteiger partial charge >= 0.3 is 234 Å². The van der Waals surface area contributed by atoms with Gasteiger partial charge in [-0.25, -0.2) is 0 Å². The number of rotatable bonds is 13.